The summed E-state index contributed by atoms with van der Waals surface area (Å²) in [6, 6.07) is 5.67. The standard InChI is InChI=1S/C17H20F3N3O2S/c1-2-21-16(25)23-11-9-22(10-12-23)15(24)8-5-13-3-6-14(7-4-13)26-17(18,19)20/h3-8H,2,9-12H2,1H3,(H,21,25)/b8-5+. The van der Waals surface area contributed by atoms with E-state index in [4.69, 9.17) is 0 Å². The first-order valence-corrected chi connectivity index (χ1v) is 8.95. The summed E-state index contributed by atoms with van der Waals surface area (Å²) in [5, 5.41) is 2.72. The maximum Gasteiger partial charge on any atom is 0.446 e. The zero-order chi connectivity index (χ0) is 19.2. The van der Waals surface area contributed by atoms with Gasteiger partial charge in [-0.25, -0.2) is 4.79 Å². The molecule has 9 heteroatoms. The van der Waals surface area contributed by atoms with E-state index in [1.54, 1.807) is 15.9 Å². The summed E-state index contributed by atoms with van der Waals surface area (Å²) in [5.41, 5.74) is -3.67. The number of halogens is 3. The van der Waals surface area contributed by atoms with E-state index in [0.717, 1.165) is 0 Å². The maximum atomic E-state index is 12.3. The van der Waals surface area contributed by atoms with Gasteiger partial charge in [0.15, 0.2) is 0 Å². The zero-order valence-electron chi connectivity index (χ0n) is 14.3. The average molecular weight is 387 g/mol. The van der Waals surface area contributed by atoms with Crippen molar-refractivity contribution in [2.45, 2.75) is 17.3 Å². The van der Waals surface area contributed by atoms with Crippen molar-refractivity contribution in [1.29, 1.82) is 0 Å². The van der Waals surface area contributed by atoms with E-state index in [1.165, 1.54) is 30.3 Å². The predicted molar refractivity (Wildman–Crippen MR) is 94.6 cm³/mol. The summed E-state index contributed by atoms with van der Waals surface area (Å²) in [5.74, 6) is -0.186. The number of benzene rings is 1. The molecular weight excluding hydrogens is 367 g/mol. The van der Waals surface area contributed by atoms with Crippen LogP contribution in [-0.4, -0.2) is 60.0 Å². The van der Waals surface area contributed by atoms with Crippen molar-refractivity contribution in [2.24, 2.45) is 0 Å². The number of nitrogens with one attached hydrogen (secondary N) is 1. The van der Waals surface area contributed by atoms with Crippen LogP contribution in [0.4, 0.5) is 18.0 Å². The van der Waals surface area contributed by atoms with Gasteiger partial charge in [0.2, 0.25) is 5.91 Å². The highest BCUT2D eigenvalue weighted by Crippen LogP contribution is 2.36. The monoisotopic (exact) mass is 387 g/mol. The average Bonchev–Trinajstić information content (AvgIpc) is 2.60. The van der Waals surface area contributed by atoms with Crippen LogP contribution in [0.25, 0.3) is 6.08 Å². The molecule has 1 aromatic carbocycles. The summed E-state index contributed by atoms with van der Waals surface area (Å²) >= 11 is -0.174. The summed E-state index contributed by atoms with van der Waals surface area (Å²) in [4.78, 5) is 27.3. The highest BCUT2D eigenvalue weighted by atomic mass is 32.2. The number of urea groups is 1. The number of hydrogen-bond acceptors (Lipinski definition) is 3. The van der Waals surface area contributed by atoms with Gasteiger partial charge in [0.05, 0.1) is 0 Å². The van der Waals surface area contributed by atoms with Crippen LogP contribution in [0.1, 0.15) is 12.5 Å². The Labute approximate surface area is 154 Å². The molecule has 1 N–H and O–H groups in total. The Balaban J connectivity index is 1.85. The van der Waals surface area contributed by atoms with Crippen LogP contribution in [0.3, 0.4) is 0 Å². The van der Waals surface area contributed by atoms with Crippen LogP contribution in [0, 0.1) is 0 Å². The fourth-order valence-electron chi connectivity index (χ4n) is 2.45. The number of amides is 3. The van der Waals surface area contributed by atoms with Gasteiger partial charge < -0.3 is 15.1 Å². The van der Waals surface area contributed by atoms with E-state index >= 15 is 0 Å². The Kier molecular flexibility index (Phi) is 6.96. The quantitative estimate of drug-likeness (QED) is 0.638. The lowest BCUT2D eigenvalue weighted by Crippen LogP contribution is -2.52. The molecule has 142 valence electrons. The first-order chi connectivity index (χ1) is 12.3. The lowest BCUT2D eigenvalue weighted by molar-refractivity contribution is -0.127. The molecule has 0 saturated carbocycles. The molecule has 1 aromatic rings. The lowest BCUT2D eigenvalue weighted by atomic mass is 10.2. The first-order valence-electron chi connectivity index (χ1n) is 8.14. The molecule has 0 aromatic heterocycles. The van der Waals surface area contributed by atoms with Crippen LogP contribution in [0.15, 0.2) is 35.2 Å². The minimum absolute atomic E-state index is 0.0995. The summed E-state index contributed by atoms with van der Waals surface area (Å²) in [7, 11) is 0. The first kappa shape index (κ1) is 20.2. The molecule has 0 bridgehead atoms. The van der Waals surface area contributed by atoms with E-state index < -0.39 is 5.51 Å². The van der Waals surface area contributed by atoms with Crippen LogP contribution >= 0.6 is 11.8 Å². The third kappa shape index (κ3) is 6.29. The van der Waals surface area contributed by atoms with Gasteiger partial charge in [-0.3, -0.25) is 4.79 Å². The molecule has 1 aliphatic rings. The topological polar surface area (TPSA) is 52.7 Å². The molecule has 26 heavy (non-hydrogen) atoms. The molecule has 0 atom stereocenters. The van der Waals surface area contributed by atoms with E-state index in [0.29, 0.717) is 38.3 Å². The van der Waals surface area contributed by atoms with Crippen molar-refractivity contribution in [3.63, 3.8) is 0 Å². The highest BCUT2D eigenvalue weighted by molar-refractivity contribution is 8.00. The largest absolute Gasteiger partial charge is 0.446 e. The number of nitrogens with zero attached hydrogens (tertiary/aromatic N) is 2. The molecule has 2 rings (SSSR count). The van der Waals surface area contributed by atoms with E-state index in [1.807, 2.05) is 6.92 Å². The summed E-state index contributed by atoms with van der Waals surface area (Å²) in [6.07, 6.45) is 2.97. The number of carbonyl (C=O) groups excluding carboxylic acids is 2. The molecule has 1 saturated heterocycles. The van der Waals surface area contributed by atoms with E-state index in [2.05, 4.69) is 5.32 Å². The molecule has 1 fully saturated rings. The second-order valence-electron chi connectivity index (χ2n) is 5.60. The van der Waals surface area contributed by atoms with Gasteiger partial charge in [0.25, 0.3) is 0 Å². The minimum atomic E-state index is -4.32. The molecule has 1 heterocycles. The normalized spacial score (nSPS) is 15.4. The van der Waals surface area contributed by atoms with Crippen molar-refractivity contribution >= 4 is 29.8 Å². The number of thioether (sulfide) groups is 1. The van der Waals surface area contributed by atoms with Crippen LogP contribution in [0.5, 0.6) is 0 Å². The fraction of sp³-hybridized carbons (Fsp3) is 0.412. The molecular formula is C17H20F3N3O2S. The molecule has 3 amide bonds. The number of alkyl halides is 3. The third-order valence-electron chi connectivity index (χ3n) is 3.74. The Bertz CT molecular complexity index is 654. The van der Waals surface area contributed by atoms with Crippen LogP contribution in [-0.2, 0) is 4.79 Å². The predicted octanol–water partition coefficient (Wildman–Crippen LogP) is 3.19. The Morgan fingerprint density at radius 2 is 1.69 bits per heavy atom. The SMILES string of the molecule is CCNC(=O)N1CCN(C(=O)/C=C/c2ccc(SC(F)(F)F)cc2)CC1. The van der Waals surface area contributed by atoms with Crippen molar-refractivity contribution in [2.75, 3.05) is 32.7 Å². The van der Waals surface area contributed by atoms with Gasteiger partial charge in [-0.2, -0.15) is 13.2 Å². The fourth-order valence-corrected chi connectivity index (χ4v) is 2.99. The van der Waals surface area contributed by atoms with Crippen molar-refractivity contribution in [1.82, 2.24) is 15.1 Å². The van der Waals surface area contributed by atoms with Crippen molar-refractivity contribution in [3.8, 4) is 0 Å². The van der Waals surface area contributed by atoms with Gasteiger partial charge in [0, 0.05) is 43.7 Å². The number of hydrogen-bond donors (Lipinski definition) is 1. The van der Waals surface area contributed by atoms with Crippen molar-refractivity contribution < 1.29 is 22.8 Å². The molecule has 0 spiro atoms. The summed E-state index contributed by atoms with van der Waals surface area (Å²) < 4.78 is 36.9. The molecule has 0 unspecified atom stereocenters. The Morgan fingerprint density at radius 1 is 1.12 bits per heavy atom. The van der Waals surface area contributed by atoms with Gasteiger partial charge in [-0.1, -0.05) is 12.1 Å². The maximum absolute atomic E-state index is 12.3. The van der Waals surface area contributed by atoms with Crippen LogP contribution < -0.4 is 5.32 Å². The second kappa shape index (κ2) is 8.98. The summed E-state index contributed by atoms with van der Waals surface area (Å²) in [6.45, 7) is 4.23. The van der Waals surface area contributed by atoms with Gasteiger partial charge >= 0.3 is 11.5 Å². The van der Waals surface area contributed by atoms with E-state index in [-0.39, 0.29) is 28.6 Å². The van der Waals surface area contributed by atoms with Gasteiger partial charge in [-0.05, 0) is 42.5 Å². The molecule has 0 aliphatic carbocycles. The number of rotatable bonds is 4. The van der Waals surface area contributed by atoms with Crippen molar-refractivity contribution in [3.05, 3.63) is 35.9 Å². The Hall–Kier alpha value is -2.16. The zero-order valence-corrected chi connectivity index (χ0v) is 15.1. The van der Waals surface area contributed by atoms with Gasteiger partial charge in [0.1, 0.15) is 0 Å². The molecule has 5 nitrogen and oxygen atoms in total. The van der Waals surface area contributed by atoms with Crippen LogP contribution in [0.2, 0.25) is 0 Å². The Morgan fingerprint density at radius 3 is 2.23 bits per heavy atom. The third-order valence-corrected chi connectivity index (χ3v) is 4.48. The van der Waals surface area contributed by atoms with E-state index in [9.17, 15) is 22.8 Å². The molecule has 1 aliphatic heterocycles. The minimum Gasteiger partial charge on any atom is -0.338 e. The second-order valence-corrected chi connectivity index (χ2v) is 6.74. The number of carbonyl (C=O) groups is 2. The smallest absolute Gasteiger partial charge is 0.338 e. The highest BCUT2D eigenvalue weighted by Gasteiger charge is 2.29. The number of piperazine rings is 1. The molecule has 0 radical (unpaired) electrons. The van der Waals surface area contributed by atoms with Gasteiger partial charge in [-0.15, -0.1) is 0 Å². The lowest BCUT2D eigenvalue weighted by Gasteiger charge is -2.34.